The average molecular weight is 273 g/mol. The molecule has 2 atom stereocenters. The van der Waals surface area contributed by atoms with E-state index in [1.165, 1.54) is 44.9 Å². The van der Waals surface area contributed by atoms with E-state index < -0.39 is 0 Å². The van der Waals surface area contributed by atoms with Crippen molar-refractivity contribution in [3.8, 4) is 0 Å². The molecule has 0 aromatic heterocycles. The van der Waals surface area contributed by atoms with E-state index in [2.05, 4.69) is 0 Å². The van der Waals surface area contributed by atoms with Gasteiger partial charge in [-0.2, -0.15) is 0 Å². The van der Waals surface area contributed by atoms with Crippen LogP contribution >= 0.6 is 11.6 Å². The molecule has 104 valence electrons. The molecule has 1 spiro atoms. The summed E-state index contributed by atoms with van der Waals surface area (Å²) in [7, 11) is 0. The number of ether oxygens (including phenoxy) is 2. The van der Waals surface area contributed by atoms with Crippen molar-refractivity contribution in [1.82, 2.24) is 0 Å². The highest BCUT2D eigenvalue weighted by atomic mass is 35.5. The first kappa shape index (κ1) is 13.2. The van der Waals surface area contributed by atoms with Gasteiger partial charge in [0.2, 0.25) is 0 Å². The minimum atomic E-state index is 0.189. The van der Waals surface area contributed by atoms with Gasteiger partial charge in [-0.25, -0.2) is 0 Å². The Morgan fingerprint density at radius 2 is 1.89 bits per heavy atom. The molecule has 2 unspecified atom stereocenters. The van der Waals surface area contributed by atoms with Crippen molar-refractivity contribution in [2.24, 2.45) is 5.41 Å². The maximum Gasteiger partial charge on any atom is 0.0687 e. The zero-order valence-electron chi connectivity index (χ0n) is 11.3. The number of hydrogen-bond acceptors (Lipinski definition) is 2. The van der Waals surface area contributed by atoms with Gasteiger partial charge in [-0.05, 0) is 44.9 Å². The monoisotopic (exact) mass is 272 g/mol. The molecule has 3 fully saturated rings. The van der Waals surface area contributed by atoms with Gasteiger partial charge in [0.25, 0.3) is 0 Å². The summed E-state index contributed by atoms with van der Waals surface area (Å²) in [6, 6.07) is 0. The Labute approximate surface area is 115 Å². The van der Waals surface area contributed by atoms with Crippen molar-refractivity contribution in [1.29, 1.82) is 0 Å². The topological polar surface area (TPSA) is 18.5 Å². The molecule has 3 aliphatic rings. The summed E-state index contributed by atoms with van der Waals surface area (Å²) in [5.74, 6) is 0.722. The average Bonchev–Trinajstić information content (AvgIpc) is 3.02. The first-order valence-corrected chi connectivity index (χ1v) is 8.11. The molecule has 1 aliphatic carbocycles. The van der Waals surface area contributed by atoms with Gasteiger partial charge in [-0.1, -0.05) is 12.8 Å². The van der Waals surface area contributed by atoms with Gasteiger partial charge in [0.15, 0.2) is 0 Å². The molecule has 18 heavy (non-hydrogen) atoms. The highest BCUT2D eigenvalue weighted by Crippen LogP contribution is 2.47. The van der Waals surface area contributed by atoms with Crippen LogP contribution in [-0.4, -0.2) is 30.8 Å². The maximum atomic E-state index is 6.43. The lowest BCUT2D eigenvalue weighted by Crippen LogP contribution is -2.37. The lowest BCUT2D eigenvalue weighted by Gasteiger charge is -2.37. The Hall–Kier alpha value is 0.210. The van der Waals surface area contributed by atoms with Crippen LogP contribution in [0.2, 0.25) is 0 Å². The third-order valence-corrected chi connectivity index (χ3v) is 5.77. The lowest BCUT2D eigenvalue weighted by molar-refractivity contribution is -0.0738. The molecule has 0 aromatic rings. The molecular formula is C15H25ClO2. The van der Waals surface area contributed by atoms with Crippen LogP contribution in [0.15, 0.2) is 0 Å². The standard InChI is InChI=1S/C15H25ClO2/c16-11-14(5-3-9-17-12-14)10-13-4-8-15(18-13)6-1-2-7-15/h13H,1-12H2. The second-order valence-electron chi connectivity index (χ2n) is 6.66. The summed E-state index contributed by atoms with van der Waals surface area (Å²) in [4.78, 5) is 0. The van der Waals surface area contributed by atoms with Crippen molar-refractivity contribution < 1.29 is 9.47 Å². The maximum absolute atomic E-state index is 6.43. The van der Waals surface area contributed by atoms with Gasteiger partial charge < -0.3 is 9.47 Å². The number of alkyl halides is 1. The van der Waals surface area contributed by atoms with Crippen molar-refractivity contribution in [2.75, 3.05) is 19.1 Å². The second kappa shape index (κ2) is 5.30. The Morgan fingerprint density at radius 1 is 1.06 bits per heavy atom. The van der Waals surface area contributed by atoms with Gasteiger partial charge in [-0.15, -0.1) is 11.6 Å². The minimum absolute atomic E-state index is 0.189. The molecule has 2 nitrogen and oxygen atoms in total. The van der Waals surface area contributed by atoms with E-state index in [1.54, 1.807) is 0 Å². The highest BCUT2D eigenvalue weighted by Gasteiger charge is 2.45. The Morgan fingerprint density at radius 3 is 2.56 bits per heavy atom. The van der Waals surface area contributed by atoms with E-state index in [1.807, 2.05) is 0 Å². The summed E-state index contributed by atoms with van der Waals surface area (Å²) in [6.07, 6.45) is 11.7. The summed E-state index contributed by atoms with van der Waals surface area (Å²) in [5.41, 5.74) is 0.447. The van der Waals surface area contributed by atoms with Crippen LogP contribution in [0.3, 0.4) is 0 Å². The SMILES string of the molecule is ClCC1(CC2CCC3(CCCC3)O2)CCCOC1. The van der Waals surface area contributed by atoms with E-state index in [9.17, 15) is 0 Å². The molecule has 1 saturated carbocycles. The Kier molecular flexibility index (Phi) is 3.89. The van der Waals surface area contributed by atoms with Crippen LogP contribution in [0.5, 0.6) is 0 Å². The molecule has 0 radical (unpaired) electrons. The van der Waals surface area contributed by atoms with Crippen LogP contribution in [0, 0.1) is 5.41 Å². The van der Waals surface area contributed by atoms with Crippen molar-refractivity contribution >= 4 is 11.6 Å². The zero-order valence-corrected chi connectivity index (χ0v) is 12.0. The highest BCUT2D eigenvalue weighted by molar-refractivity contribution is 6.18. The van der Waals surface area contributed by atoms with Crippen molar-refractivity contribution in [3.63, 3.8) is 0 Å². The fraction of sp³-hybridized carbons (Fsp3) is 1.00. The third kappa shape index (κ3) is 2.57. The smallest absolute Gasteiger partial charge is 0.0687 e. The number of rotatable bonds is 3. The minimum Gasteiger partial charge on any atom is -0.381 e. The summed E-state index contributed by atoms with van der Waals surface area (Å²) in [6.45, 7) is 1.75. The molecule has 3 rings (SSSR count). The van der Waals surface area contributed by atoms with Gasteiger partial charge in [0, 0.05) is 17.9 Å². The molecular weight excluding hydrogens is 248 g/mol. The van der Waals surface area contributed by atoms with Gasteiger partial charge in [-0.3, -0.25) is 0 Å². The summed E-state index contributed by atoms with van der Waals surface area (Å²) in [5, 5.41) is 0. The third-order valence-electron chi connectivity index (χ3n) is 5.20. The van der Waals surface area contributed by atoms with Gasteiger partial charge in [0.1, 0.15) is 0 Å². The summed E-state index contributed by atoms with van der Waals surface area (Å²) >= 11 is 6.23. The normalized spacial score (nSPS) is 39.5. The molecule has 0 N–H and O–H groups in total. The molecule has 2 saturated heterocycles. The molecule has 0 bridgehead atoms. The predicted octanol–water partition coefficient (Wildman–Crippen LogP) is 3.90. The predicted molar refractivity (Wildman–Crippen MR) is 73.1 cm³/mol. The molecule has 2 aliphatic heterocycles. The van der Waals surface area contributed by atoms with E-state index in [0.29, 0.717) is 6.10 Å². The van der Waals surface area contributed by atoms with Crippen molar-refractivity contribution in [3.05, 3.63) is 0 Å². The van der Waals surface area contributed by atoms with Crippen LogP contribution in [0.25, 0.3) is 0 Å². The largest absolute Gasteiger partial charge is 0.381 e. The van der Waals surface area contributed by atoms with Crippen LogP contribution in [0.4, 0.5) is 0 Å². The van der Waals surface area contributed by atoms with E-state index in [0.717, 1.165) is 31.9 Å². The molecule has 2 heterocycles. The first-order chi connectivity index (χ1) is 8.76. The lowest BCUT2D eigenvalue weighted by atomic mass is 9.79. The fourth-order valence-electron chi connectivity index (χ4n) is 4.14. The van der Waals surface area contributed by atoms with E-state index in [-0.39, 0.29) is 11.0 Å². The first-order valence-electron chi connectivity index (χ1n) is 7.58. The van der Waals surface area contributed by atoms with Crippen LogP contribution in [-0.2, 0) is 9.47 Å². The van der Waals surface area contributed by atoms with Crippen LogP contribution < -0.4 is 0 Å². The van der Waals surface area contributed by atoms with Gasteiger partial charge in [0.05, 0.1) is 18.3 Å². The van der Waals surface area contributed by atoms with Crippen molar-refractivity contribution in [2.45, 2.75) is 69.5 Å². The Balaban J connectivity index is 1.59. The Bertz CT molecular complexity index is 280. The zero-order chi connectivity index (χ0) is 12.5. The van der Waals surface area contributed by atoms with Gasteiger partial charge >= 0.3 is 0 Å². The fourth-order valence-corrected chi connectivity index (χ4v) is 4.46. The molecule has 3 heteroatoms. The van der Waals surface area contributed by atoms with E-state index >= 15 is 0 Å². The summed E-state index contributed by atoms with van der Waals surface area (Å²) < 4.78 is 12.1. The van der Waals surface area contributed by atoms with E-state index in [4.69, 9.17) is 21.1 Å². The quantitative estimate of drug-likeness (QED) is 0.726. The molecule has 0 amide bonds. The number of hydrogen-bond donors (Lipinski definition) is 0. The molecule has 0 aromatic carbocycles. The van der Waals surface area contributed by atoms with Crippen LogP contribution in [0.1, 0.15) is 57.8 Å². The second-order valence-corrected chi connectivity index (χ2v) is 6.93. The number of halogens is 1.